The van der Waals surface area contributed by atoms with Crippen molar-refractivity contribution in [3.05, 3.63) is 0 Å². The molecule has 7 nitrogen and oxygen atoms in total. The second kappa shape index (κ2) is 7.08. The van der Waals surface area contributed by atoms with Crippen molar-refractivity contribution in [2.45, 2.75) is 30.7 Å². The van der Waals surface area contributed by atoms with Gasteiger partial charge in [0.1, 0.15) is 32.3 Å². The lowest BCUT2D eigenvalue weighted by Gasteiger charge is -2.29. The monoisotopic (exact) mass is 292 g/mol. The van der Waals surface area contributed by atoms with Crippen molar-refractivity contribution in [3.63, 3.8) is 0 Å². The Morgan fingerprint density at radius 3 is 2.53 bits per heavy atom. The van der Waals surface area contributed by atoms with E-state index in [1.54, 1.807) is 21.0 Å². The molecule has 1 rings (SSSR count). The van der Waals surface area contributed by atoms with Crippen molar-refractivity contribution in [2.24, 2.45) is 0 Å². The summed E-state index contributed by atoms with van der Waals surface area (Å²) in [6, 6.07) is -0.665. The largest absolute Gasteiger partial charge is 0.697 e. The van der Waals surface area contributed by atoms with E-state index < -0.39 is 32.1 Å². The number of hydroxylamine groups is 2. The average Bonchev–Trinajstić information content (AvgIpc) is 2.57. The standard InChI is InChI=1S/C10H20BNO6P/c1-10(6-16-19(13)15-5)8(14-4)7(9(11)17-10)18-12(2)3/h7-9H,6H2,1-5H3/q+1/t7?,8?,9-,10-/m1/s1. The Morgan fingerprint density at radius 2 is 2.05 bits per heavy atom. The van der Waals surface area contributed by atoms with Gasteiger partial charge in [-0.25, -0.2) is 0 Å². The molecular formula is C10H20BNO6P+. The predicted molar refractivity (Wildman–Crippen MR) is 69.0 cm³/mol. The number of ether oxygens (including phenoxy) is 2. The SMILES string of the molecule is [B][C@@H]1O[C@](C)(CO[P+](=O)OC)C(OC)C1ON(C)C. The molecule has 1 fully saturated rings. The third-order valence-corrected chi connectivity index (χ3v) is 3.46. The number of hydrogen-bond acceptors (Lipinski definition) is 7. The quantitative estimate of drug-likeness (QED) is 0.384. The summed E-state index contributed by atoms with van der Waals surface area (Å²) in [7, 11) is 10.0. The Morgan fingerprint density at radius 1 is 1.42 bits per heavy atom. The molecule has 0 N–H and O–H groups in total. The van der Waals surface area contributed by atoms with Gasteiger partial charge in [0.05, 0.1) is 7.11 Å². The van der Waals surface area contributed by atoms with Gasteiger partial charge in [-0.1, -0.05) is 0 Å². The molecule has 19 heavy (non-hydrogen) atoms. The van der Waals surface area contributed by atoms with E-state index >= 15 is 0 Å². The molecule has 1 aliphatic rings. The zero-order valence-electron chi connectivity index (χ0n) is 11.9. The van der Waals surface area contributed by atoms with Crippen LogP contribution in [-0.4, -0.2) is 71.6 Å². The van der Waals surface area contributed by atoms with E-state index in [9.17, 15) is 4.57 Å². The maximum Gasteiger partial charge on any atom is 0.697 e. The van der Waals surface area contributed by atoms with Crippen LogP contribution in [0.2, 0.25) is 0 Å². The Bertz CT molecular complexity index is 320. The number of hydrogen-bond donors (Lipinski definition) is 0. The first-order valence-corrected chi connectivity index (χ1v) is 6.88. The molecule has 5 atom stereocenters. The zero-order valence-corrected chi connectivity index (χ0v) is 12.8. The first kappa shape index (κ1) is 17.0. The summed E-state index contributed by atoms with van der Waals surface area (Å²) in [6.07, 6.45) is -0.931. The first-order chi connectivity index (χ1) is 8.84. The highest BCUT2D eigenvalue weighted by atomic mass is 31.1. The highest BCUT2D eigenvalue weighted by Gasteiger charge is 2.53. The summed E-state index contributed by atoms with van der Waals surface area (Å²) in [5.41, 5.74) is -0.863. The second-order valence-corrected chi connectivity index (χ2v) is 5.68. The molecule has 0 bridgehead atoms. The Kier molecular flexibility index (Phi) is 6.33. The third-order valence-electron chi connectivity index (χ3n) is 2.82. The Hall–Kier alpha value is -0.0751. The third kappa shape index (κ3) is 4.19. The van der Waals surface area contributed by atoms with E-state index in [0.29, 0.717) is 0 Å². The minimum Gasteiger partial charge on any atom is -0.375 e. The number of nitrogens with zero attached hydrogens (tertiary/aromatic N) is 1. The van der Waals surface area contributed by atoms with Crippen LogP contribution in [0.3, 0.4) is 0 Å². The molecule has 0 amide bonds. The van der Waals surface area contributed by atoms with E-state index in [-0.39, 0.29) is 6.61 Å². The zero-order chi connectivity index (χ0) is 14.6. The van der Waals surface area contributed by atoms with Crippen LogP contribution in [0.1, 0.15) is 6.92 Å². The normalized spacial score (nSPS) is 35.9. The number of methoxy groups -OCH3 is 1. The molecule has 0 aromatic rings. The van der Waals surface area contributed by atoms with Gasteiger partial charge >= 0.3 is 8.25 Å². The van der Waals surface area contributed by atoms with Gasteiger partial charge in [0, 0.05) is 31.8 Å². The van der Waals surface area contributed by atoms with Crippen LogP contribution in [0.15, 0.2) is 0 Å². The summed E-state index contributed by atoms with van der Waals surface area (Å²) in [5.74, 6) is 0. The van der Waals surface area contributed by atoms with Gasteiger partial charge < -0.3 is 9.47 Å². The first-order valence-electron chi connectivity index (χ1n) is 5.78. The summed E-state index contributed by atoms with van der Waals surface area (Å²) >= 11 is 0. The Labute approximate surface area is 115 Å². The minimum absolute atomic E-state index is 0.0234. The van der Waals surface area contributed by atoms with Crippen molar-refractivity contribution in [1.29, 1.82) is 0 Å². The van der Waals surface area contributed by atoms with E-state index in [4.69, 9.17) is 26.7 Å². The maximum atomic E-state index is 11.2. The van der Waals surface area contributed by atoms with Crippen molar-refractivity contribution in [1.82, 2.24) is 5.06 Å². The fourth-order valence-corrected chi connectivity index (χ4v) is 2.52. The van der Waals surface area contributed by atoms with Crippen LogP contribution >= 0.6 is 8.25 Å². The lowest BCUT2D eigenvalue weighted by atomic mass is 9.90. The molecule has 0 aromatic heterocycles. The van der Waals surface area contributed by atoms with Crippen LogP contribution in [0.5, 0.6) is 0 Å². The number of rotatable bonds is 7. The maximum absolute atomic E-state index is 11.2. The van der Waals surface area contributed by atoms with Gasteiger partial charge in [0.2, 0.25) is 0 Å². The van der Waals surface area contributed by atoms with Crippen LogP contribution in [0.25, 0.3) is 0 Å². The van der Waals surface area contributed by atoms with Gasteiger partial charge in [-0.15, -0.1) is 9.05 Å². The predicted octanol–water partition coefficient (Wildman–Crippen LogP) is 0.467. The summed E-state index contributed by atoms with van der Waals surface area (Å²) in [5, 5.41) is 1.53. The van der Waals surface area contributed by atoms with Gasteiger partial charge in [0.15, 0.2) is 0 Å². The Balaban J connectivity index is 2.74. The molecule has 3 unspecified atom stereocenters. The van der Waals surface area contributed by atoms with Crippen molar-refractivity contribution in [2.75, 3.05) is 34.9 Å². The average molecular weight is 292 g/mol. The van der Waals surface area contributed by atoms with Gasteiger partial charge in [-0.2, -0.15) is 5.06 Å². The smallest absolute Gasteiger partial charge is 0.375 e. The molecule has 1 heterocycles. The summed E-state index contributed by atoms with van der Waals surface area (Å²) < 4.78 is 31.9. The molecule has 1 aliphatic heterocycles. The minimum atomic E-state index is -2.17. The summed E-state index contributed by atoms with van der Waals surface area (Å²) in [4.78, 5) is 5.55. The molecule has 1 saturated heterocycles. The highest BCUT2D eigenvalue weighted by molar-refractivity contribution is 7.33. The van der Waals surface area contributed by atoms with E-state index in [1.165, 1.54) is 19.3 Å². The van der Waals surface area contributed by atoms with E-state index in [2.05, 4.69) is 4.52 Å². The fraction of sp³-hybridized carbons (Fsp3) is 1.00. The van der Waals surface area contributed by atoms with Crippen molar-refractivity contribution < 1.29 is 27.9 Å². The van der Waals surface area contributed by atoms with Gasteiger partial charge in [0.25, 0.3) is 0 Å². The fourth-order valence-electron chi connectivity index (χ4n) is 2.06. The van der Waals surface area contributed by atoms with Crippen molar-refractivity contribution >= 4 is 16.1 Å². The lowest BCUT2D eigenvalue weighted by Crippen LogP contribution is -2.47. The molecule has 108 valence electrons. The van der Waals surface area contributed by atoms with Crippen molar-refractivity contribution in [3.8, 4) is 0 Å². The van der Waals surface area contributed by atoms with E-state index in [1.807, 2.05) is 0 Å². The van der Waals surface area contributed by atoms with E-state index in [0.717, 1.165) is 0 Å². The topological polar surface area (TPSA) is 66.5 Å². The molecule has 0 aromatic carbocycles. The highest BCUT2D eigenvalue weighted by Crippen LogP contribution is 2.36. The van der Waals surface area contributed by atoms with Crippen LogP contribution in [0, 0.1) is 0 Å². The summed E-state index contributed by atoms with van der Waals surface area (Å²) in [6.45, 7) is 1.79. The molecule has 2 radical (unpaired) electrons. The second-order valence-electron chi connectivity index (χ2n) is 4.61. The molecule has 0 spiro atoms. The molecular weight excluding hydrogens is 272 g/mol. The van der Waals surface area contributed by atoms with Crippen LogP contribution in [0.4, 0.5) is 0 Å². The molecule has 0 aliphatic carbocycles. The molecule has 9 heteroatoms. The molecule has 0 saturated carbocycles. The van der Waals surface area contributed by atoms with Crippen LogP contribution < -0.4 is 0 Å². The van der Waals surface area contributed by atoms with Gasteiger partial charge in [-0.05, 0) is 6.92 Å². The van der Waals surface area contributed by atoms with Crippen LogP contribution in [-0.2, 0) is 27.9 Å². The van der Waals surface area contributed by atoms with Gasteiger partial charge in [-0.3, -0.25) is 4.84 Å². The lowest BCUT2D eigenvalue weighted by molar-refractivity contribution is -0.195.